The van der Waals surface area contributed by atoms with Gasteiger partial charge in [0.2, 0.25) is 15.9 Å². The van der Waals surface area contributed by atoms with Crippen LogP contribution >= 0.6 is 23.2 Å². The summed E-state index contributed by atoms with van der Waals surface area (Å²) in [6.45, 7) is 2.30. The number of likely N-dealkylation sites (tertiary alicyclic amines) is 1. The van der Waals surface area contributed by atoms with Gasteiger partial charge in [0.15, 0.2) is 0 Å². The molecule has 0 N–H and O–H groups in total. The van der Waals surface area contributed by atoms with E-state index in [4.69, 9.17) is 23.2 Å². The smallest absolute Gasteiger partial charge is 0.223 e. The van der Waals surface area contributed by atoms with E-state index < -0.39 is 10.0 Å². The van der Waals surface area contributed by atoms with Crippen molar-refractivity contribution in [2.45, 2.75) is 62.3 Å². The molecule has 2 aromatic rings. The molecule has 5 nitrogen and oxygen atoms in total. The van der Waals surface area contributed by atoms with E-state index in [2.05, 4.69) is 6.07 Å². The van der Waals surface area contributed by atoms with E-state index in [1.165, 1.54) is 4.31 Å². The number of benzene rings is 2. The fraction of sp³-hybridized carbons (Fsp3) is 0.480. The standard InChI is InChI=1S/C25H30Cl2N2O3S/c1-3-21(16-28(2)33(31,32)22-11-12-22)29-24(30)14-13-23(18-5-4-6-20(27)15-18)25(29)17-7-9-19(26)10-8-17/h4-10,15,21-23,25H,3,11-14,16H2,1-2H3/t21-,23+,25?/m0/s1. The second-order valence-electron chi connectivity index (χ2n) is 9.08. The number of rotatable bonds is 8. The summed E-state index contributed by atoms with van der Waals surface area (Å²) in [5.74, 6) is 0.0965. The lowest BCUT2D eigenvalue weighted by molar-refractivity contribution is -0.141. The van der Waals surface area contributed by atoms with Crippen molar-refractivity contribution in [3.05, 3.63) is 69.7 Å². The predicted molar refractivity (Wildman–Crippen MR) is 133 cm³/mol. The first-order valence-corrected chi connectivity index (χ1v) is 13.8. The molecule has 1 heterocycles. The van der Waals surface area contributed by atoms with Gasteiger partial charge in [-0.2, -0.15) is 0 Å². The van der Waals surface area contributed by atoms with E-state index >= 15 is 0 Å². The Morgan fingerprint density at radius 1 is 1.03 bits per heavy atom. The minimum atomic E-state index is -3.33. The largest absolute Gasteiger partial charge is 0.331 e. The first-order chi connectivity index (χ1) is 15.7. The maximum absolute atomic E-state index is 13.4. The Kier molecular flexibility index (Phi) is 7.39. The molecule has 1 saturated carbocycles. The van der Waals surface area contributed by atoms with Gasteiger partial charge in [-0.1, -0.05) is 54.4 Å². The van der Waals surface area contributed by atoms with Gasteiger partial charge in [-0.05, 0) is 61.1 Å². The fourth-order valence-corrected chi connectivity index (χ4v) is 6.86. The average molecular weight is 509 g/mol. The number of halogens is 2. The van der Waals surface area contributed by atoms with Crippen molar-refractivity contribution >= 4 is 39.1 Å². The number of nitrogens with zero attached hydrogens (tertiary/aromatic N) is 2. The molecule has 1 aliphatic heterocycles. The van der Waals surface area contributed by atoms with Crippen LogP contribution in [-0.4, -0.2) is 48.4 Å². The first-order valence-electron chi connectivity index (χ1n) is 11.5. The molecule has 1 saturated heterocycles. The summed E-state index contributed by atoms with van der Waals surface area (Å²) in [5.41, 5.74) is 2.07. The summed E-state index contributed by atoms with van der Waals surface area (Å²) in [6.07, 6.45) is 3.21. The van der Waals surface area contributed by atoms with Crippen LogP contribution in [0.15, 0.2) is 48.5 Å². The third-order valence-electron chi connectivity index (χ3n) is 6.84. The normalized spacial score (nSPS) is 22.6. The van der Waals surface area contributed by atoms with Crippen molar-refractivity contribution in [3.63, 3.8) is 0 Å². The van der Waals surface area contributed by atoms with Crippen molar-refractivity contribution in [2.75, 3.05) is 13.6 Å². The Balaban J connectivity index is 1.73. The minimum Gasteiger partial charge on any atom is -0.331 e. The average Bonchev–Trinajstić information content (AvgIpc) is 3.64. The van der Waals surface area contributed by atoms with Gasteiger partial charge in [-0.3, -0.25) is 4.79 Å². The number of piperidine rings is 1. The second-order valence-corrected chi connectivity index (χ2v) is 12.3. The van der Waals surface area contributed by atoms with Crippen LogP contribution in [0.25, 0.3) is 0 Å². The van der Waals surface area contributed by atoms with Crippen molar-refractivity contribution in [2.24, 2.45) is 0 Å². The highest BCUT2D eigenvalue weighted by molar-refractivity contribution is 7.90. The highest BCUT2D eigenvalue weighted by Gasteiger charge is 2.43. The van der Waals surface area contributed by atoms with Crippen LogP contribution in [0.1, 0.15) is 62.1 Å². The first kappa shape index (κ1) is 24.5. The quantitative estimate of drug-likeness (QED) is 0.463. The number of carbonyl (C=O) groups is 1. The van der Waals surface area contributed by atoms with E-state index in [9.17, 15) is 13.2 Å². The molecule has 1 unspecified atom stereocenters. The SMILES string of the molecule is CC[C@@H](CN(C)S(=O)(=O)C1CC1)N1C(=O)CC[C@H](c2cccc(Cl)c2)C1c1ccc(Cl)cc1. The van der Waals surface area contributed by atoms with Gasteiger partial charge in [0.25, 0.3) is 0 Å². The van der Waals surface area contributed by atoms with Crippen LogP contribution in [0, 0.1) is 0 Å². The fourth-order valence-electron chi connectivity index (χ4n) is 4.92. The number of sulfonamides is 1. The van der Waals surface area contributed by atoms with Crippen LogP contribution < -0.4 is 0 Å². The van der Waals surface area contributed by atoms with Crippen molar-refractivity contribution in [1.82, 2.24) is 9.21 Å². The van der Waals surface area contributed by atoms with Gasteiger partial charge in [0, 0.05) is 42.0 Å². The van der Waals surface area contributed by atoms with Gasteiger partial charge in [-0.25, -0.2) is 12.7 Å². The zero-order valence-corrected chi connectivity index (χ0v) is 21.3. The van der Waals surface area contributed by atoms with E-state index in [-0.39, 0.29) is 35.7 Å². The van der Waals surface area contributed by atoms with Crippen LogP contribution in [0.2, 0.25) is 10.0 Å². The van der Waals surface area contributed by atoms with E-state index in [1.807, 2.05) is 54.3 Å². The molecule has 2 aromatic carbocycles. The Morgan fingerprint density at radius 2 is 1.73 bits per heavy atom. The summed E-state index contributed by atoms with van der Waals surface area (Å²) in [7, 11) is -1.69. The molecule has 0 spiro atoms. The third kappa shape index (κ3) is 5.24. The minimum absolute atomic E-state index is 0.0435. The molecule has 178 valence electrons. The Hall–Kier alpha value is -1.60. The number of hydrogen-bond donors (Lipinski definition) is 0. The summed E-state index contributed by atoms with van der Waals surface area (Å²) in [5, 5.41) is 1.02. The maximum Gasteiger partial charge on any atom is 0.223 e. The number of carbonyl (C=O) groups excluding carboxylic acids is 1. The van der Waals surface area contributed by atoms with Gasteiger partial charge in [0.05, 0.1) is 11.3 Å². The zero-order valence-electron chi connectivity index (χ0n) is 19.0. The molecule has 1 amide bonds. The van der Waals surface area contributed by atoms with E-state index in [0.29, 0.717) is 29.3 Å². The molecule has 33 heavy (non-hydrogen) atoms. The molecule has 1 aliphatic carbocycles. The molecule has 3 atom stereocenters. The summed E-state index contributed by atoms with van der Waals surface area (Å²) in [6, 6.07) is 14.9. The molecule has 8 heteroatoms. The lowest BCUT2D eigenvalue weighted by Crippen LogP contribution is -2.52. The molecule has 2 aliphatic rings. The summed E-state index contributed by atoms with van der Waals surface area (Å²) in [4.78, 5) is 15.3. The molecular formula is C25H30Cl2N2O3S. The maximum atomic E-state index is 13.4. The van der Waals surface area contributed by atoms with Crippen LogP contribution in [0.4, 0.5) is 0 Å². The van der Waals surface area contributed by atoms with Crippen molar-refractivity contribution < 1.29 is 13.2 Å². The molecule has 0 aromatic heterocycles. The second kappa shape index (κ2) is 9.95. The Labute approximate surface area is 206 Å². The van der Waals surface area contributed by atoms with Crippen LogP contribution in [0.5, 0.6) is 0 Å². The molecule has 2 fully saturated rings. The van der Waals surface area contributed by atoms with E-state index in [1.54, 1.807) is 7.05 Å². The Morgan fingerprint density at radius 3 is 2.33 bits per heavy atom. The lowest BCUT2D eigenvalue weighted by atomic mass is 9.79. The van der Waals surface area contributed by atoms with Gasteiger partial charge in [-0.15, -0.1) is 0 Å². The number of likely N-dealkylation sites (N-methyl/N-ethyl adjacent to an activating group) is 1. The van der Waals surface area contributed by atoms with Gasteiger partial charge in [0.1, 0.15) is 0 Å². The Bertz CT molecular complexity index is 1100. The molecular weight excluding hydrogens is 479 g/mol. The molecule has 4 rings (SSSR count). The van der Waals surface area contributed by atoms with Crippen molar-refractivity contribution in [3.8, 4) is 0 Å². The van der Waals surface area contributed by atoms with Gasteiger partial charge >= 0.3 is 0 Å². The zero-order chi connectivity index (χ0) is 23.8. The highest BCUT2D eigenvalue weighted by Crippen LogP contribution is 2.45. The topological polar surface area (TPSA) is 57.7 Å². The van der Waals surface area contributed by atoms with E-state index in [0.717, 1.165) is 24.0 Å². The lowest BCUT2D eigenvalue weighted by Gasteiger charge is -2.46. The third-order valence-corrected chi connectivity index (χ3v) is 9.66. The number of amides is 1. The summed E-state index contributed by atoms with van der Waals surface area (Å²) < 4.78 is 27.1. The number of hydrogen-bond acceptors (Lipinski definition) is 3. The van der Waals surface area contributed by atoms with Crippen LogP contribution in [0.3, 0.4) is 0 Å². The highest BCUT2D eigenvalue weighted by atomic mass is 35.5. The molecule has 0 radical (unpaired) electrons. The van der Waals surface area contributed by atoms with Crippen molar-refractivity contribution in [1.29, 1.82) is 0 Å². The predicted octanol–water partition coefficient (Wildman–Crippen LogP) is 5.64. The monoisotopic (exact) mass is 508 g/mol. The molecule has 0 bridgehead atoms. The van der Waals surface area contributed by atoms with Crippen LogP contribution in [-0.2, 0) is 14.8 Å². The van der Waals surface area contributed by atoms with Gasteiger partial charge < -0.3 is 4.90 Å². The summed E-state index contributed by atoms with van der Waals surface area (Å²) >= 11 is 12.5.